The molecule has 0 aliphatic carbocycles. The maximum atomic E-state index is 5.64. The van der Waals surface area contributed by atoms with Crippen LogP contribution < -0.4 is 10.1 Å². The molecule has 0 radical (unpaired) electrons. The van der Waals surface area contributed by atoms with Gasteiger partial charge in [-0.05, 0) is 24.2 Å². The Morgan fingerprint density at radius 2 is 1.94 bits per heavy atom. The molecule has 3 nitrogen and oxygen atoms in total. The zero-order chi connectivity index (χ0) is 11.9. The molecule has 1 N–H and O–H groups in total. The fraction of sp³-hybridized carbons (Fsp3) is 0.214. The number of pyridine rings is 1. The second-order valence-electron chi connectivity index (χ2n) is 3.81. The normalized spacial score (nSPS) is 10.2. The third-order valence-electron chi connectivity index (χ3n) is 2.41. The van der Waals surface area contributed by atoms with Crippen LogP contribution in [0.4, 0.5) is 0 Å². The van der Waals surface area contributed by atoms with Crippen LogP contribution in [0.2, 0.25) is 0 Å². The lowest BCUT2D eigenvalue weighted by Crippen LogP contribution is -2.05. The molecule has 0 saturated heterocycles. The highest BCUT2D eigenvalue weighted by Gasteiger charge is 1.98. The highest BCUT2D eigenvalue weighted by atomic mass is 16.5. The molecule has 1 aromatic heterocycles. The van der Waals surface area contributed by atoms with E-state index >= 15 is 0 Å². The van der Waals surface area contributed by atoms with E-state index in [4.69, 9.17) is 4.74 Å². The summed E-state index contributed by atoms with van der Waals surface area (Å²) >= 11 is 0. The van der Waals surface area contributed by atoms with Gasteiger partial charge in [0, 0.05) is 18.8 Å². The van der Waals surface area contributed by atoms with Crippen molar-refractivity contribution < 1.29 is 4.74 Å². The molecule has 3 heteroatoms. The van der Waals surface area contributed by atoms with Crippen LogP contribution in [0, 0.1) is 0 Å². The van der Waals surface area contributed by atoms with E-state index < -0.39 is 0 Å². The first-order chi connectivity index (χ1) is 8.38. The van der Waals surface area contributed by atoms with Gasteiger partial charge in [-0.15, -0.1) is 0 Å². The summed E-state index contributed by atoms with van der Waals surface area (Å²) in [5, 5.41) is 3.10. The van der Waals surface area contributed by atoms with E-state index in [0.717, 1.165) is 12.1 Å². The fourth-order valence-electron chi connectivity index (χ4n) is 1.57. The SMILES string of the molecule is CNCc1ccnc(OCc2ccccc2)c1. The first kappa shape index (κ1) is 11.6. The van der Waals surface area contributed by atoms with Gasteiger partial charge in [-0.2, -0.15) is 0 Å². The number of aromatic nitrogens is 1. The van der Waals surface area contributed by atoms with Gasteiger partial charge in [-0.3, -0.25) is 0 Å². The molecule has 0 unspecified atom stereocenters. The molecule has 0 spiro atoms. The van der Waals surface area contributed by atoms with Crippen molar-refractivity contribution in [3.05, 3.63) is 59.8 Å². The topological polar surface area (TPSA) is 34.2 Å². The van der Waals surface area contributed by atoms with Gasteiger partial charge in [0.25, 0.3) is 0 Å². The number of hydrogen-bond acceptors (Lipinski definition) is 3. The Morgan fingerprint density at radius 3 is 2.71 bits per heavy atom. The van der Waals surface area contributed by atoms with Crippen LogP contribution >= 0.6 is 0 Å². The lowest BCUT2D eigenvalue weighted by molar-refractivity contribution is 0.293. The van der Waals surface area contributed by atoms with Gasteiger partial charge in [-0.25, -0.2) is 4.98 Å². The Labute approximate surface area is 101 Å². The van der Waals surface area contributed by atoms with Crippen molar-refractivity contribution in [2.75, 3.05) is 7.05 Å². The molecule has 2 aromatic rings. The molecular formula is C14H16N2O. The second kappa shape index (κ2) is 6.01. The Kier molecular flexibility index (Phi) is 4.11. The highest BCUT2D eigenvalue weighted by molar-refractivity contribution is 5.21. The van der Waals surface area contributed by atoms with E-state index in [1.165, 1.54) is 5.56 Å². The summed E-state index contributed by atoms with van der Waals surface area (Å²) in [5.41, 5.74) is 2.32. The van der Waals surface area contributed by atoms with Crippen molar-refractivity contribution in [1.82, 2.24) is 10.3 Å². The Morgan fingerprint density at radius 1 is 1.12 bits per heavy atom. The van der Waals surface area contributed by atoms with Crippen molar-refractivity contribution in [2.24, 2.45) is 0 Å². The average molecular weight is 228 g/mol. The predicted molar refractivity (Wildman–Crippen MR) is 67.8 cm³/mol. The first-order valence-electron chi connectivity index (χ1n) is 5.65. The number of nitrogens with zero attached hydrogens (tertiary/aromatic N) is 1. The molecule has 1 aromatic carbocycles. The molecule has 0 aliphatic rings. The molecule has 0 atom stereocenters. The predicted octanol–water partition coefficient (Wildman–Crippen LogP) is 2.38. The van der Waals surface area contributed by atoms with Gasteiger partial charge >= 0.3 is 0 Å². The average Bonchev–Trinajstić information content (AvgIpc) is 2.39. The van der Waals surface area contributed by atoms with Crippen LogP contribution in [0.15, 0.2) is 48.7 Å². The minimum atomic E-state index is 0.552. The van der Waals surface area contributed by atoms with Crippen LogP contribution in [0.5, 0.6) is 5.88 Å². The molecule has 0 fully saturated rings. The molecule has 0 aliphatic heterocycles. The van der Waals surface area contributed by atoms with Crippen LogP contribution in [0.3, 0.4) is 0 Å². The van der Waals surface area contributed by atoms with Crippen molar-refractivity contribution in [3.63, 3.8) is 0 Å². The van der Waals surface area contributed by atoms with Gasteiger partial charge < -0.3 is 10.1 Å². The number of benzene rings is 1. The van der Waals surface area contributed by atoms with Crippen molar-refractivity contribution >= 4 is 0 Å². The fourth-order valence-corrected chi connectivity index (χ4v) is 1.57. The lowest BCUT2D eigenvalue weighted by Gasteiger charge is -2.06. The summed E-state index contributed by atoms with van der Waals surface area (Å²) < 4.78 is 5.64. The maximum absolute atomic E-state index is 5.64. The summed E-state index contributed by atoms with van der Waals surface area (Å²) in [6.45, 7) is 1.38. The quantitative estimate of drug-likeness (QED) is 0.853. The number of hydrogen-bond donors (Lipinski definition) is 1. The van der Waals surface area contributed by atoms with Crippen LogP contribution in [-0.4, -0.2) is 12.0 Å². The van der Waals surface area contributed by atoms with Gasteiger partial charge in [0.2, 0.25) is 5.88 Å². The van der Waals surface area contributed by atoms with E-state index in [1.54, 1.807) is 6.20 Å². The minimum absolute atomic E-state index is 0.552. The second-order valence-corrected chi connectivity index (χ2v) is 3.81. The van der Waals surface area contributed by atoms with E-state index in [2.05, 4.69) is 10.3 Å². The third-order valence-corrected chi connectivity index (χ3v) is 2.41. The van der Waals surface area contributed by atoms with Crippen LogP contribution in [-0.2, 0) is 13.2 Å². The van der Waals surface area contributed by atoms with Crippen molar-refractivity contribution in [2.45, 2.75) is 13.2 Å². The zero-order valence-corrected chi connectivity index (χ0v) is 9.89. The van der Waals surface area contributed by atoms with Gasteiger partial charge in [0.1, 0.15) is 6.61 Å². The van der Waals surface area contributed by atoms with E-state index in [-0.39, 0.29) is 0 Å². The lowest BCUT2D eigenvalue weighted by atomic mass is 10.2. The van der Waals surface area contributed by atoms with Gasteiger partial charge in [0.15, 0.2) is 0 Å². The molecule has 0 amide bonds. The summed E-state index contributed by atoms with van der Waals surface area (Å²) in [4.78, 5) is 4.19. The summed E-state index contributed by atoms with van der Waals surface area (Å²) in [5.74, 6) is 0.668. The van der Waals surface area contributed by atoms with E-state index in [9.17, 15) is 0 Å². The number of rotatable bonds is 5. The smallest absolute Gasteiger partial charge is 0.213 e. The third kappa shape index (κ3) is 3.57. The van der Waals surface area contributed by atoms with Gasteiger partial charge in [-0.1, -0.05) is 30.3 Å². The summed E-state index contributed by atoms with van der Waals surface area (Å²) in [7, 11) is 1.92. The summed E-state index contributed by atoms with van der Waals surface area (Å²) in [6, 6.07) is 14.0. The van der Waals surface area contributed by atoms with Crippen molar-refractivity contribution in [3.8, 4) is 5.88 Å². The molecule has 0 saturated carbocycles. The van der Waals surface area contributed by atoms with Crippen molar-refractivity contribution in [1.29, 1.82) is 0 Å². The Balaban J connectivity index is 1.97. The molecule has 17 heavy (non-hydrogen) atoms. The molecule has 0 bridgehead atoms. The Bertz CT molecular complexity index is 457. The highest BCUT2D eigenvalue weighted by Crippen LogP contribution is 2.11. The molecule has 1 heterocycles. The zero-order valence-electron chi connectivity index (χ0n) is 9.89. The number of ether oxygens (including phenoxy) is 1. The van der Waals surface area contributed by atoms with Crippen LogP contribution in [0.1, 0.15) is 11.1 Å². The van der Waals surface area contributed by atoms with Crippen LogP contribution in [0.25, 0.3) is 0 Å². The minimum Gasteiger partial charge on any atom is -0.473 e. The Hall–Kier alpha value is -1.87. The molecule has 88 valence electrons. The van der Waals surface area contributed by atoms with E-state index in [1.807, 2.05) is 49.5 Å². The first-order valence-corrected chi connectivity index (χ1v) is 5.65. The van der Waals surface area contributed by atoms with Gasteiger partial charge in [0.05, 0.1) is 0 Å². The molecular weight excluding hydrogens is 212 g/mol. The monoisotopic (exact) mass is 228 g/mol. The maximum Gasteiger partial charge on any atom is 0.213 e. The standard InChI is InChI=1S/C14H16N2O/c1-15-10-13-7-8-16-14(9-13)17-11-12-5-3-2-4-6-12/h2-9,15H,10-11H2,1H3. The molecule has 2 rings (SSSR count). The van der Waals surface area contributed by atoms with E-state index in [0.29, 0.717) is 12.5 Å². The summed E-state index contributed by atoms with van der Waals surface area (Å²) in [6.07, 6.45) is 1.77. The largest absolute Gasteiger partial charge is 0.473 e. The number of nitrogens with one attached hydrogen (secondary N) is 1.